The average Bonchev–Trinajstić information content (AvgIpc) is 3.18. The van der Waals surface area contributed by atoms with Crippen LogP contribution in [0.25, 0.3) is 0 Å². The fourth-order valence-electron chi connectivity index (χ4n) is 4.35. The van der Waals surface area contributed by atoms with Crippen LogP contribution in [0, 0.1) is 12.8 Å². The molecule has 1 aliphatic carbocycles. The Bertz CT molecular complexity index is 542. The first-order valence-electron chi connectivity index (χ1n) is 8.34. The molecule has 1 N–H and O–H groups in total. The van der Waals surface area contributed by atoms with E-state index < -0.39 is 0 Å². The van der Waals surface area contributed by atoms with Crippen molar-refractivity contribution in [3.63, 3.8) is 0 Å². The minimum absolute atomic E-state index is 0.243. The summed E-state index contributed by atoms with van der Waals surface area (Å²) in [6.07, 6.45) is 4.57. The second-order valence-electron chi connectivity index (χ2n) is 6.93. The number of carbonyl (C=O) groups excluding carboxylic acids is 1. The van der Waals surface area contributed by atoms with Gasteiger partial charge >= 0.3 is 0 Å². The minimum atomic E-state index is 0.243. The molecule has 0 radical (unpaired) electrons. The van der Waals surface area contributed by atoms with Crippen LogP contribution in [0.3, 0.4) is 0 Å². The van der Waals surface area contributed by atoms with Crippen molar-refractivity contribution in [2.24, 2.45) is 5.92 Å². The van der Waals surface area contributed by atoms with Crippen LogP contribution < -0.4 is 5.32 Å². The molecule has 2 heterocycles. The van der Waals surface area contributed by atoms with Crippen LogP contribution in [0.15, 0.2) is 24.3 Å². The Kier molecular flexibility index (Phi) is 3.26. The molecule has 3 nitrogen and oxygen atoms in total. The molecule has 1 saturated carbocycles. The highest BCUT2D eigenvalue weighted by Gasteiger charge is 2.50. The van der Waals surface area contributed by atoms with E-state index in [0.29, 0.717) is 23.9 Å². The molecule has 112 valence electrons. The molecule has 2 bridgehead atoms. The normalized spacial score (nSPS) is 34.6. The van der Waals surface area contributed by atoms with Gasteiger partial charge in [-0.05, 0) is 56.2 Å². The van der Waals surface area contributed by atoms with E-state index in [9.17, 15) is 4.79 Å². The summed E-state index contributed by atoms with van der Waals surface area (Å²) < 4.78 is 0. The van der Waals surface area contributed by atoms with Gasteiger partial charge in [0, 0.05) is 24.5 Å². The highest BCUT2D eigenvalue weighted by atomic mass is 16.2. The summed E-state index contributed by atoms with van der Waals surface area (Å²) in [6.45, 7) is 4.22. The van der Waals surface area contributed by atoms with Crippen molar-refractivity contribution in [2.75, 3.05) is 13.1 Å². The minimum Gasteiger partial charge on any atom is -0.335 e. The molecule has 1 aromatic carbocycles. The number of carbonyl (C=O) groups is 1. The van der Waals surface area contributed by atoms with E-state index in [2.05, 4.69) is 41.4 Å². The maximum Gasteiger partial charge on any atom is 0.226 e. The number of hydrogen-bond donors (Lipinski definition) is 1. The van der Waals surface area contributed by atoms with Crippen LogP contribution in [0.1, 0.15) is 42.7 Å². The molecule has 4 unspecified atom stereocenters. The molecule has 4 rings (SSSR count). The molecule has 3 fully saturated rings. The fourth-order valence-corrected chi connectivity index (χ4v) is 4.35. The van der Waals surface area contributed by atoms with Crippen molar-refractivity contribution < 1.29 is 4.79 Å². The van der Waals surface area contributed by atoms with Gasteiger partial charge in [0.25, 0.3) is 0 Å². The van der Waals surface area contributed by atoms with Gasteiger partial charge in [-0.3, -0.25) is 4.79 Å². The number of fused-ring (bicyclic) bond motifs is 2. The topological polar surface area (TPSA) is 32.3 Å². The molecular formula is C18H24N2O. The molecule has 0 spiro atoms. The zero-order chi connectivity index (χ0) is 14.4. The van der Waals surface area contributed by atoms with E-state index in [1.807, 2.05) is 0 Å². The molecule has 1 aromatic rings. The average molecular weight is 284 g/mol. The van der Waals surface area contributed by atoms with E-state index in [4.69, 9.17) is 0 Å². The van der Waals surface area contributed by atoms with Crippen LogP contribution in [0.4, 0.5) is 0 Å². The number of nitrogens with one attached hydrogen (secondary N) is 1. The maximum atomic E-state index is 13.0. The summed E-state index contributed by atoms with van der Waals surface area (Å²) in [5, 5.41) is 3.48. The molecule has 1 amide bonds. The number of rotatable bonds is 2. The third kappa shape index (κ3) is 2.28. The first-order chi connectivity index (χ1) is 10.3. The van der Waals surface area contributed by atoms with Gasteiger partial charge in [0.15, 0.2) is 0 Å². The number of benzene rings is 1. The highest BCUT2D eigenvalue weighted by molar-refractivity contribution is 5.84. The van der Waals surface area contributed by atoms with Gasteiger partial charge in [-0.1, -0.05) is 24.3 Å². The Morgan fingerprint density at radius 3 is 2.86 bits per heavy atom. The summed E-state index contributed by atoms with van der Waals surface area (Å²) in [5.74, 6) is 1.14. The third-order valence-electron chi connectivity index (χ3n) is 5.60. The van der Waals surface area contributed by atoms with E-state index in [1.54, 1.807) is 0 Å². The summed E-state index contributed by atoms with van der Waals surface area (Å²) >= 11 is 0. The molecule has 3 heteroatoms. The van der Waals surface area contributed by atoms with Gasteiger partial charge < -0.3 is 10.2 Å². The van der Waals surface area contributed by atoms with Gasteiger partial charge in [0.1, 0.15) is 0 Å². The maximum absolute atomic E-state index is 13.0. The second kappa shape index (κ2) is 5.13. The van der Waals surface area contributed by atoms with E-state index in [-0.39, 0.29) is 5.92 Å². The first-order valence-corrected chi connectivity index (χ1v) is 8.34. The van der Waals surface area contributed by atoms with Gasteiger partial charge in [0.2, 0.25) is 5.91 Å². The SMILES string of the molecule is Cc1ccccc1C1CC1C(=O)N1C2CCNCC1CC2. The van der Waals surface area contributed by atoms with Crippen molar-refractivity contribution in [1.29, 1.82) is 0 Å². The lowest BCUT2D eigenvalue weighted by atomic mass is 10.0. The first kappa shape index (κ1) is 13.3. The Labute approximate surface area is 126 Å². The van der Waals surface area contributed by atoms with Crippen molar-refractivity contribution in [3.05, 3.63) is 35.4 Å². The number of aryl methyl sites for hydroxylation is 1. The van der Waals surface area contributed by atoms with E-state index in [1.165, 1.54) is 24.0 Å². The summed E-state index contributed by atoms with van der Waals surface area (Å²) in [7, 11) is 0. The monoisotopic (exact) mass is 284 g/mol. The van der Waals surface area contributed by atoms with Gasteiger partial charge in [-0.25, -0.2) is 0 Å². The summed E-state index contributed by atoms with van der Waals surface area (Å²) in [5.41, 5.74) is 2.72. The Morgan fingerprint density at radius 1 is 1.19 bits per heavy atom. The molecule has 21 heavy (non-hydrogen) atoms. The van der Waals surface area contributed by atoms with Crippen LogP contribution in [0.2, 0.25) is 0 Å². The zero-order valence-corrected chi connectivity index (χ0v) is 12.7. The molecule has 4 atom stereocenters. The van der Waals surface area contributed by atoms with Crippen LogP contribution in [-0.4, -0.2) is 36.0 Å². The highest BCUT2D eigenvalue weighted by Crippen LogP contribution is 2.50. The molecule has 0 aromatic heterocycles. The van der Waals surface area contributed by atoms with Crippen molar-refractivity contribution >= 4 is 5.91 Å². The van der Waals surface area contributed by atoms with E-state index in [0.717, 1.165) is 25.9 Å². The number of amides is 1. The number of nitrogens with zero attached hydrogens (tertiary/aromatic N) is 1. The molecular weight excluding hydrogens is 260 g/mol. The predicted molar refractivity (Wildman–Crippen MR) is 83.2 cm³/mol. The Hall–Kier alpha value is -1.35. The van der Waals surface area contributed by atoms with Crippen LogP contribution >= 0.6 is 0 Å². The molecule has 3 aliphatic rings. The second-order valence-corrected chi connectivity index (χ2v) is 6.93. The molecule has 2 saturated heterocycles. The van der Waals surface area contributed by atoms with Crippen molar-refractivity contribution in [2.45, 2.75) is 50.6 Å². The smallest absolute Gasteiger partial charge is 0.226 e. The lowest BCUT2D eigenvalue weighted by Crippen LogP contribution is -2.43. The van der Waals surface area contributed by atoms with Crippen LogP contribution in [-0.2, 0) is 4.79 Å². The fraction of sp³-hybridized carbons (Fsp3) is 0.611. The summed E-state index contributed by atoms with van der Waals surface area (Å²) in [6, 6.07) is 9.49. The van der Waals surface area contributed by atoms with Crippen molar-refractivity contribution in [3.8, 4) is 0 Å². The predicted octanol–water partition coefficient (Wildman–Crippen LogP) is 2.45. The quantitative estimate of drug-likeness (QED) is 0.905. The van der Waals surface area contributed by atoms with Gasteiger partial charge in [-0.15, -0.1) is 0 Å². The van der Waals surface area contributed by atoms with Gasteiger partial charge in [-0.2, -0.15) is 0 Å². The lowest BCUT2D eigenvalue weighted by Gasteiger charge is -2.28. The Morgan fingerprint density at radius 2 is 2.00 bits per heavy atom. The third-order valence-corrected chi connectivity index (χ3v) is 5.60. The summed E-state index contributed by atoms with van der Waals surface area (Å²) in [4.78, 5) is 15.2. The Balaban J connectivity index is 1.51. The lowest BCUT2D eigenvalue weighted by molar-refractivity contribution is -0.135. The van der Waals surface area contributed by atoms with Crippen LogP contribution in [0.5, 0.6) is 0 Å². The van der Waals surface area contributed by atoms with Gasteiger partial charge in [0.05, 0.1) is 0 Å². The standard InChI is InChI=1S/C18H24N2O/c1-12-4-2-3-5-15(12)16-10-17(16)18(21)20-13-6-7-14(20)11-19-9-8-13/h2-5,13-14,16-17,19H,6-11H2,1H3. The largest absolute Gasteiger partial charge is 0.335 e. The molecule has 2 aliphatic heterocycles. The van der Waals surface area contributed by atoms with Crippen molar-refractivity contribution in [1.82, 2.24) is 10.2 Å². The number of hydrogen-bond acceptors (Lipinski definition) is 2. The van der Waals surface area contributed by atoms with E-state index >= 15 is 0 Å². The zero-order valence-electron chi connectivity index (χ0n) is 12.7.